The number of aromatic hydroxyl groups is 1. The Hall–Kier alpha value is -2.63. The standard InChI is InChI=1S/C31H40N2O2S/c1-5-32(6-2)17-18-35-28-14-11-25(12-15-28)20-33-21-26-10-8-7-9-23(3)31(26)36-22-24(4)29-19-27(34)13-16-30(29)33/h8,10-16,19,23,34H,4-7,9,17-18,20-22H2,1-3H3. The van der Waals surface area contributed by atoms with Crippen LogP contribution in [0.5, 0.6) is 11.5 Å². The minimum Gasteiger partial charge on any atom is -0.508 e. The van der Waals surface area contributed by atoms with Gasteiger partial charge >= 0.3 is 0 Å². The monoisotopic (exact) mass is 504 g/mol. The van der Waals surface area contributed by atoms with Gasteiger partial charge in [-0.25, -0.2) is 0 Å². The molecule has 2 aromatic rings. The fourth-order valence-electron chi connectivity index (χ4n) is 4.97. The van der Waals surface area contributed by atoms with Crippen molar-refractivity contribution in [2.75, 3.05) is 43.4 Å². The normalized spacial score (nSPS) is 18.3. The molecule has 0 amide bonds. The van der Waals surface area contributed by atoms with Crippen molar-refractivity contribution in [2.24, 2.45) is 5.92 Å². The number of allylic oxidation sites excluding steroid dienone is 2. The van der Waals surface area contributed by atoms with E-state index in [-0.39, 0.29) is 5.75 Å². The van der Waals surface area contributed by atoms with Crippen LogP contribution in [0.1, 0.15) is 44.7 Å². The highest BCUT2D eigenvalue weighted by Crippen LogP contribution is 2.41. The largest absolute Gasteiger partial charge is 0.508 e. The number of hydrogen-bond donors (Lipinski definition) is 1. The second-order valence-electron chi connectivity index (χ2n) is 9.74. The number of phenols is 1. The molecular weight excluding hydrogens is 464 g/mol. The van der Waals surface area contributed by atoms with Crippen molar-refractivity contribution in [3.63, 3.8) is 0 Å². The minimum absolute atomic E-state index is 0.285. The number of anilines is 1. The van der Waals surface area contributed by atoms with Gasteiger partial charge in [0.05, 0.1) is 0 Å². The van der Waals surface area contributed by atoms with E-state index in [1.54, 1.807) is 6.07 Å². The van der Waals surface area contributed by atoms with Gasteiger partial charge in [-0.05, 0) is 83.8 Å². The number of likely N-dealkylation sites (N-methyl/N-ethyl adjacent to an activating group) is 1. The summed E-state index contributed by atoms with van der Waals surface area (Å²) in [6, 6.07) is 14.2. The molecule has 0 saturated heterocycles. The van der Waals surface area contributed by atoms with Crippen LogP contribution in [0.3, 0.4) is 0 Å². The smallest absolute Gasteiger partial charge is 0.119 e. The number of fused-ring (bicyclic) bond motifs is 1. The van der Waals surface area contributed by atoms with E-state index in [1.165, 1.54) is 22.5 Å². The van der Waals surface area contributed by atoms with E-state index in [0.717, 1.165) is 67.5 Å². The fourth-order valence-corrected chi connectivity index (χ4v) is 6.17. The first-order valence-corrected chi connectivity index (χ1v) is 14.2. The van der Waals surface area contributed by atoms with E-state index in [0.29, 0.717) is 12.5 Å². The molecule has 2 aromatic carbocycles. The van der Waals surface area contributed by atoms with Gasteiger partial charge in [-0.2, -0.15) is 0 Å². The average molecular weight is 505 g/mol. The van der Waals surface area contributed by atoms with Gasteiger partial charge in [0.15, 0.2) is 0 Å². The van der Waals surface area contributed by atoms with Gasteiger partial charge in [0.2, 0.25) is 0 Å². The summed E-state index contributed by atoms with van der Waals surface area (Å²) < 4.78 is 6.00. The van der Waals surface area contributed by atoms with Crippen molar-refractivity contribution in [2.45, 2.75) is 40.2 Å². The van der Waals surface area contributed by atoms with Gasteiger partial charge < -0.3 is 19.6 Å². The number of thioether (sulfide) groups is 1. The Morgan fingerprint density at radius 2 is 1.92 bits per heavy atom. The Balaban J connectivity index is 1.58. The van der Waals surface area contributed by atoms with Gasteiger partial charge in [-0.3, -0.25) is 0 Å². The van der Waals surface area contributed by atoms with Crippen LogP contribution >= 0.6 is 11.8 Å². The molecule has 1 aliphatic carbocycles. The zero-order valence-corrected chi connectivity index (χ0v) is 22.8. The number of benzene rings is 2. The van der Waals surface area contributed by atoms with Crippen molar-refractivity contribution >= 4 is 23.0 Å². The van der Waals surface area contributed by atoms with Gasteiger partial charge in [0.1, 0.15) is 18.1 Å². The molecule has 1 atom stereocenters. The van der Waals surface area contributed by atoms with Crippen LogP contribution in [0.15, 0.2) is 71.7 Å². The third-order valence-corrected chi connectivity index (χ3v) is 8.65. The fraction of sp³-hybridized carbons (Fsp3) is 0.419. The summed E-state index contributed by atoms with van der Waals surface area (Å²) in [7, 11) is 0. The lowest BCUT2D eigenvalue weighted by molar-refractivity contribution is 0.223. The highest BCUT2D eigenvalue weighted by Gasteiger charge is 2.23. The van der Waals surface area contributed by atoms with Crippen LogP contribution in [-0.4, -0.2) is 48.5 Å². The SMILES string of the molecule is C=C1CSC2=C(C=CCCC2C)CN(Cc2ccc(OCCN(CC)CC)cc2)c2ccc(O)cc21. The lowest BCUT2D eigenvalue weighted by Crippen LogP contribution is -2.28. The van der Waals surface area contributed by atoms with Crippen molar-refractivity contribution in [1.82, 2.24) is 4.90 Å². The maximum atomic E-state index is 10.3. The number of hydrogen-bond acceptors (Lipinski definition) is 5. The lowest BCUT2D eigenvalue weighted by atomic mass is 10.0. The third-order valence-electron chi connectivity index (χ3n) is 7.18. The molecule has 0 saturated carbocycles. The Kier molecular flexibility index (Phi) is 9.22. The summed E-state index contributed by atoms with van der Waals surface area (Å²) in [5, 5.41) is 10.3. The first kappa shape index (κ1) is 26.4. The van der Waals surface area contributed by atoms with Crippen LogP contribution in [-0.2, 0) is 6.54 Å². The van der Waals surface area contributed by atoms with E-state index in [1.807, 2.05) is 23.9 Å². The highest BCUT2D eigenvalue weighted by atomic mass is 32.2. The molecule has 4 rings (SSSR count). The molecular formula is C31H40N2O2S. The molecule has 1 heterocycles. The molecule has 0 aromatic heterocycles. The zero-order chi connectivity index (χ0) is 25.5. The number of phenolic OH excluding ortho intramolecular Hbond substituents is 1. The van der Waals surface area contributed by atoms with Gasteiger partial charge in [0.25, 0.3) is 0 Å². The summed E-state index contributed by atoms with van der Waals surface area (Å²) in [5.41, 5.74) is 5.85. The molecule has 1 unspecified atom stereocenters. The predicted octanol–water partition coefficient (Wildman–Crippen LogP) is 7.12. The van der Waals surface area contributed by atoms with E-state index in [4.69, 9.17) is 4.74 Å². The maximum Gasteiger partial charge on any atom is 0.119 e. The molecule has 192 valence electrons. The molecule has 0 radical (unpaired) electrons. The van der Waals surface area contributed by atoms with E-state index >= 15 is 0 Å². The highest BCUT2D eigenvalue weighted by molar-refractivity contribution is 8.03. The number of nitrogens with zero attached hydrogens (tertiary/aromatic N) is 2. The van der Waals surface area contributed by atoms with Crippen molar-refractivity contribution in [3.05, 3.63) is 82.8 Å². The van der Waals surface area contributed by atoms with Crippen LogP contribution in [0.4, 0.5) is 5.69 Å². The predicted molar refractivity (Wildman–Crippen MR) is 155 cm³/mol. The molecule has 0 spiro atoms. The molecule has 4 nitrogen and oxygen atoms in total. The van der Waals surface area contributed by atoms with Gasteiger partial charge in [-0.15, -0.1) is 11.8 Å². The topological polar surface area (TPSA) is 35.9 Å². The molecule has 2 aliphatic rings. The Bertz CT molecular complexity index is 1100. The second kappa shape index (κ2) is 12.6. The number of rotatable bonds is 8. The summed E-state index contributed by atoms with van der Waals surface area (Å²) in [6.07, 6.45) is 6.96. The number of ether oxygens (including phenoxy) is 1. The molecule has 36 heavy (non-hydrogen) atoms. The van der Waals surface area contributed by atoms with Gasteiger partial charge in [0, 0.05) is 36.6 Å². The first-order valence-electron chi connectivity index (χ1n) is 13.2. The second-order valence-corrected chi connectivity index (χ2v) is 10.8. The molecule has 1 N–H and O–H groups in total. The Morgan fingerprint density at radius 1 is 1.14 bits per heavy atom. The summed E-state index contributed by atoms with van der Waals surface area (Å²) in [4.78, 5) is 6.27. The zero-order valence-electron chi connectivity index (χ0n) is 22.0. The summed E-state index contributed by atoms with van der Waals surface area (Å²) in [5.74, 6) is 2.57. The van der Waals surface area contributed by atoms with E-state index < -0.39 is 0 Å². The Labute approximate surface area is 221 Å². The first-order chi connectivity index (χ1) is 17.5. The quantitative estimate of drug-likeness (QED) is 0.414. The average Bonchev–Trinajstić information content (AvgIpc) is 3.03. The molecule has 0 fully saturated rings. The summed E-state index contributed by atoms with van der Waals surface area (Å²) in [6.45, 7) is 16.5. The van der Waals surface area contributed by atoms with Crippen molar-refractivity contribution in [3.8, 4) is 11.5 Å². The summed E-state index contributed by atoms with van der Waals surface area (Å²) >= 11 is 1.92. The third kappa shape index (κ3) is 6.57. The van der Waals surface area contributed by atoms with Gasteiger partial charge in [-0.1, -0.05) is 51.6 Å². The molecule has 5 heteroatoms. The van der Waals surface area contributed by atoms with Crippen LogP contribution in [0, 0.1) is 5.92 Å². The van der Waals surface area contributed by atoms with E-state index in [2.05, 4.69) is 73.6 Å². The minimum atomic E-state index is 0.285. The van der Waals surface area contributed by atoms with Crippen molar-refractivity contribution in [1.29, 1.82) is 0 Å². The Morgan fingerprint density at radius 3 is 2.67 bits per heavy atom. The lowest BCUT2D eigenvalue weighted by Gasteiger charge is -2.28. The van der Waals surface area contributed by atoms with E-state index in [9.17, 15) is 5.11 Å². The molecule has 1 aliphatic heterocycles. The molecule has 0 bridgehead atoms. The van der Waals surface area contributed by atoms with Crippen LogP contribution < -0.4 is 9.64 Å². The van der Waals surface area contributed by atoms with Crippen LogP contribution in [0.2, 0.25) is 0 Å². The van der Waals surface area contributed by atoms with Crippen LogP contribution in [0.25, 0.3) is 5.57 Å². The maximum absolute atomic E-state index is 10.3. The van der Waals surface area contributed by atoms with Crippen molar-refractivity contribution < 1.29 is 9.84 Å².